The number of likely N-dealkylation sites (tertiary alicyclic amines) is 1. The predicted octanol–water partition coefficient (Wildman–Crippen LogP) is 2.88. The maximum Gasteiger partial charge on any atom is 0.0236 e. The SMILES string of the molecule is NCCCC1CCCN1Cc1ccc2c(c1)CCC2. The van der Waals surface area contributed by atoms with Crippen molar-refractivity contribution in [2.45, 2.75) is 57.5 Å². The smallest absolute Gasteiger partial charge is 0.0236 e. The highest BCUT2D eigenvalue weighted by Gasteiger charge is 2.24. The van der Waals surface area contributed by atoms with Gasteiger partial charge in [0.05, 0.1) is 0 Å². The number of aryl methyl sites for hydroxylation is 2. The van der Waals surface area contributed by atoms with Gasteiger partial charge in [0.1, 0.15) is 0 Å². The summed E-state index contributed by atoms with van der Waals surface area (Å²) in [6, 6.07) is 7.95. The van der Waals surface area contributed by atoms with Crippen molar-refractivity contribution in [2.75, 3.05) is 13.1 Å². The van der Waals surface area contributed by atoms with E-state index in [1.807, 2.05) is 0 Å². The van der Waals surface area contributed by atoms with Crippen LogP contribution in [0.1, 0.15) is 48.8 Å². The standard InChI is InChI=1S/C17H26N2/c18-10-2-6-17-7-3-11-19(17)13-14-8-9-15-4-1-5-16(15)12-14/h8-9,12,17H,1-7,10-11,13,18H2. The predicted molar refractivity (Wildman–Crippen MR) is 80.2 cm³/mol. The lowest BCUT2D eigenvalue weighted by atomic mass is 10.0. The first kappa shape index (κ1) is 13.1. The van der Waals surface area contributed by atoms with Gasteiger partial charge in [-0.3, -0.25) is 4.90 Å². The van der Waals surface area contributed by atoms with Crippen LogP contribution in [-0.2, 0) is 19.4 Å². The normalized spacial score (nSPS) is 22.9. The number of hydrogen-bond acceptors (Lipinski definition) is 2. The third-order valence-corrected chi connectivity index (χ3v) is 4.79. The van der Waals surface area contributed by atoms with Crippen LogP contribution in [0.2, 0.25) is 0 Å². The largest absolute Gasteiger partial charge is 0.330 e. The highest BCUT2D eigenvalue weighted by atomic mass is 15.2. The zero-order chi connectivity index (χ0) is 13.1. The average molecular weight is 258 g/mol. The van der Waals surface area contributed by atoms with Crippen LogP contribution in [-0.4, -0.2) is 24.0 Å². The molecule has 0 spiro atoms. The molecule has 1 aliphatic heterocycles. The van der Waals surface area contributed by atoms with Crippen molar-refractivity contribution in [3.8, 4) is 0 Å². The van der Waals surface area contributed by atoms with Crippen LogP contribution in [0.5, 0.6) is 0 Å². The topological polar surface area (TPSA) is 29.3 Å². The van der Waals surface area contributed by atoms with Gasteiger partial charge in [0.25, 0.3) is 0 Å². The molecule has 1 aromatic rings. The second kappa shape index (κ2) is 6.06. The van der Waals surface area contributed by atoms with Gasteiger partial charge < -0.3 is 5.73 Å². The Morgan fingerprint density at radius 1 is 1.16 bits per heavy atom. The molecule has 1 atom stereocenters. The van der Waals surface area contributed by atoms with Crippen molar-refractivity contribution in [3.63, 3.8) is 0 Å². The summed E-state index contributed by atoms with van der Waals surface area (Å²) in [5.74, 6) is 0. The highest BCUT2D eigenvalue weighted by molar-refractivity contribution is 5.35. The second-order valence-corrected chi connectivity index (χ2v) is 6.15. The van der Waals surface area contributed by atoms with E-state index in [2.05, 4.69) is 23.1 Å². The number of fused-ring (bicyclic) bond motifs is 1. The van der Waals surface area contributed by atoms with Crippen molar-refractivity contribution in [1.29, 1.82) is 0 Å². The van der Waals surface area contributed by atoms with Crippen LogP contribution in [0.25, 0.3) is 0 Å². The Kier molecular flexibility index (Phi) is 4.19. The lowest BCUT2D eigenvalue weighted by Crippen LogP contribution is -2.29. The molecule has 2 aliphatic rings. The average Bonchev–Trinajstić information content (AvgIpc) is 3.05. The molecule has 104 valence electrons. The minimum absolute atomic E-state index is 0.775. The first-order chi connectivity index (χ1) is 9.36. The molecule has 1 fully saturated rings. The Balaban J connectivity index is 1.64. The van der Waals surface area contributed by atoms with Gasteiger partial charge in [0.15, 0.2) is 0 Å². The monoisotopic (exact) mass is 258 g/mol. The van der Waals surface area contributed by atoms with E-state index in [4.69, 9.17) is 5.73 Å². The number of benzene rings is 1. The summed E-state index contributed by atoms with van der Waals surface area (Å²) in [5, 5.41) is 0. The van der Waals surface area contributed by atoms with Crippen LogP contribution in [0, 0.1) is 0 Å². The maximum atomic E-state index is 5.65. The van der Waals surface area contributed by atoms with Gasteiger partial charge in [0, 0.05) is 12.6 Å². The van der Waals surface area contributed by atoms with E-state index in [0.717, 1.165) is 19.1 Å². The zero-order valence-corrected chi connectivity index (χ0v) is 11.9. The summed E-state index contributed by atoms with van der Waals surface area (Å²) >= 11 is 0. The molecule has 0 aromatic heterocycles. The Hall–Kier alpha value is -0.860. The van der Waals surface area contributed by atoms with Crippen LogP contribution in [0.15, 0.2) is 18.2 Å². The third-order valence-electron chi connectivity index (χ3n) is 4.79. The Morgan fingerprint density at radius 2 is 2.05 bits per heavy atom. The maximum absolute atomic E-state index is 5.65. The van der Waals surface area contributed by atoms with E-state index in [9.17, 15) is 0 Å². The van der Waals surface area contributed by atoms with Crippen LogP contribution >= 0.6 is 0 Å². The van der Waals surface area contributed by atoms with Crippen molar-refractivity contribution >= 4 is 0 Å². The van der Waals surface area contributed by atoms with Gasteiger partial charge in [-0.25, -0.2) is 0 Å². The molecule has 1 unspecified atom stereocenters. The molecule has 19 heavy (non-hydrogen) atoms. The molecule has 0 radical (unpaired) electrons. The van der Waals surface area contributed by atoms with E-state index in [0.29, 0.717) is 0 Å². The van der Waals surface area contributed by atoms with E-state index in [1.165, 1.54) is 57.1 Å². The fourth-order valence-corrected chi connectivity index (χ4v) is 3.74. The van der Waals surface area contributed by atoms with Gasteiger partial charge >= 0.3 is 0 Å². The van der Waals surface area contributed by atoms with Gasteiger partial charge in [0.2, 0.25) is 0 Å². The van der Waals surface area contributed by atoms with E-state index in [-0.39, 0.29) is 0 Å². The zero-order valence-electron chi connectivity index (χ0n) is 11.9. The highest BCUT2D eigenvalue weighted by Crippen LogP contribution is 2.26. The molecule has 1 aliphatic carbocycles. The van der Waals surface area contributed by atoms with Gasteiger partial charge in [-0.1, -0.05) is 18.2 Å². The molecule has 2 N–H and O–H groups in total. The van der Waals surface area contributed by atoms with Crippen molar-refractivity contribution in [1.82, 2.24) is 4.90 Å². The first-order valence-corrected chi connectivity index (χ1v) is 7.91. The number of rotatable bonds is 5. The fraction of sp³-hybridized carbons (Fsp3) is 0.647. The molecule has 3 rings (SSSR count). The lowest BCUT2D eigenvalue weighted by molar-refractivity contribution is 0.232. The summed E-state index contributed by atoms with van der Waals surface area (Å²) in [6.07, 6.45) is 9.11. The lowest BCUT2D eigenvalue weighted by Gasteiger charge is -2.24. The van der Waals surface area contributed by atoms with Gasteiger partial charge in [-0.05, 0) is 74.7 Å². The molecular formula is C17H26N2. The quantitative estimate of drug-likeness (QED) is 0.880. The third kappa shape index (κ3) is 3.01. The molecule has 1 aromatic carbocycles. The molecular weight excluding hydrogens is 232 g/mol. The fourth-order valence-electron chi connectivity index (χ4n) is 3.74. The first-order valence-electron chi connectivity index (χ1n) is 7.91. The number of nitrogens with two attached hydrogens (primary N) is 1. The summed E-state index contributed by atoms with van der Waals surface area (Å²) in [7, 11) is 0. The summed E-state index contributed by atoms with van der Waals surface area (Å²) < 4.78 is 0. The number of nitrogens with zero attached hydrogens (tertiary/aromatic N) is 1. The Labute approximate surface area is 117 Å². The molecule has 0 saturated carbocycles. The van der Waals surface area contributed by atoms with Gasteiger partial charge in [-0.15, -0.1) is 0 Å². The minimum atomic E-state index is 0.775. The van der Waals surface area contributed by atoms with Crippen molar-refractivity contribution in [3.05, 3.63) is 34.9 Å². The van der Waals surface area contributed by atoms with E-state index < -0.39 is 0 Å². The molecule has 0 amide bonds. The summed E-state index contributed by atoms with van der Waals surface area (Å²) in [5.41, 5.74) is 10.4. The van der Waals surface area contributed by atoms with Crippen molar-refractivity contribution < 1.29 is 0 Å². The van der Waals surface area contributed by atoms with E-state index in [1.54, 1.807) is 11.1 Å². The van der Waals surface area contributed by atoms with Crippen LogP contribution in [0.4, 0.5) is 0 Å². The molecule has 0 bridgehead atoms. The summed E-state index contributed by atoms with van der Waals surface area (Å²) in [6.45, 7) is 3.25. The van der Waals surface area contributed by atoms with Crippen molar-refractivity contribution in [2.24, 2.45) is 5.73 Å². The van der Waals surface area contributed by atoms with Crippen LogP contribution in [0.3, 0.4) is 0 Å². The Bertz CT molecular complexity index is 427. The van der Waals surface area contributed by atoms with Crippen LogP contribution < -0.4 is 5.73 Å². The molecule has 2 heteroatoms. The molecule has 1 heterocycles. The minimum Gasteiger partial charge on any atom is -0.330 e. The Morgan fingerprint density at radius 3 is 2.95 bits per heavy atom. The van der Waals surface area contributed by atoms with Gasteiger partial charge in [-0.2, -0.15) is 0 Å². The molecule has 2 nitrogen and oxygen atoms in total. The number of hydrogen-bond donors (Lipinski definition) is 1. The van der Waals surface area contributed by atoms with E-state index >= 15 is 0 Å². The second-order valence-electron chi connectivity index (χ2n) is 6.15. The molecule has 1 saturated heterocycles. The summed E-state index contributed by atoms with van der Waals surface area (Å²) in [4.78, 5) is 2.67.